The summed E-state index contributed by atoms with van der Waals surface area (Å²) in [7, 11) is 1.15. The molecule has 0 atom stereocenters. The molecule has 0 unspecified atom stereocenters. The van der Waals surface area contributed by atoms with Crippen molar-refractivity contribution < 1.29 is 33.3 Å². The highest BCUT2D eigenvalue weighted by Crippen LogP contribution is 2.20. The molecule has 0 saturated carbocycles. The SMILES string of the molecule is CCOc1ccc(C(=O)OCc2nc3ccc(OCC)cc3[n+]([O-])c2C(=O)OC)cc1. The molecule has 3 aromatic rings. The first kappa shape index (κ1) is 21.8. The van der Waals surface area contributed by atoms with E-state index >= 15 is 0 Å². The average Bonchev–Trinajstić information content (AvgIpc) is 2.78. The van der Waals surface area contributed by atoms with E-state index in [2.05, 4.69) is 4.98 Å². The van der Waals surface area contributed by atoms with E-state index < -0.39 is 11.9 Å². The van der Waals surface area contributed by atoms with Crippen LogP contribution in [-0.4, -0.2) is 37.2 Å². The number of methoxy groups -OCH3 is 1. The van der Waals surface area contributed by atoms with Gasteiger partial charge in [-0.25, -0.2) is 14.6 Å². The average molecular weight is 426 g/mol. The third-order valence-corrected chi connectivity index (χ3v) is 4.33. The minimum absolute atomic E-state index is 0.0159. The normalized spacial score (nSPS) is 10.5. The van der Waals surface area contributed by atoms with Crippen LogP contribution in [0.5, 0.6) is 11.5 Å². The van der Waals surface area contributed by atoms with Crippen molar-refractivity contribution in [3.8, 4) is 11.5 Å². The summed E-state index contributed by atoms with van der Waals surface area (Å²) >= 11 is 0. The van der Waals surface area contributed by atoms with E-state index in [0.717, 1.165) is 7.11 Å². The van der Waals surface area contributed by atoms with E-state index in [1.807, 2.05) is 13.8 Å². The molecule has 0 saturated heterocycles. The van der Waals surface area contributed by atoms with Crippen molar-refractivity contribution in [3.05, 3.63) is 64.6 Å². The third-order valence-electron chi connectivity index (χ3n) is 4.33. The van der Waals surface area contributed by atoms with Gasteiger partial charge in [0, 0.05) is 0 Å². The Morgan fingerprint density at radius 2 is 1.61 bits per heavy atom. The maximum absolute atomic E-state index is 12.9. The van der Waals surface area contributed by atoms with Crippen LogP contribution in [0.25, 0.3) is 11.0 Å². The molecule has 1 heterocycles. The van der Waals surface area contributed by atoms with Crippen LogP contribution < -0.4 is 14.2 Å². The molecule has 31 heavy (non-hydrogen) atoms. The van der Waals surface area contributed by atoms with Crippen LogP contribution in [0.3, 0.4) is 0 Å². The quantitative estimate of drug-likeness (QED) is 0.307. The van der Waals surface area contributed by atoms with Gasteiger partial charge in [-0.2, -0.15) is 4.73 Å². The smallest absolute Gasteiger partial charge is 0.406 e. The number of esters is 2. The van der Waals surface area contributed by atoms with E-state index in [9.17, 15) is 14.8 Å². The number of nitrogens with zero attached hydrogens (tertiary/aromatic N) is 2. The molecule has 162 valence electrons. The molecule has 9 nitrogen and oxygen atoms in total. The van der Waals surface area contributed by atoms with E-state index in [-0.39, 0.29) is 23.5 Å². The molecule has 1 aromatic heterocycles. The second kappa shape index (κ2) is 9.75. The highest BCUT2D eigenvalue weighted by atomic mass is 16.5. The Bertz CT molecular complexity index is 1100. The number of carbonyl (C=O) groups is 2. The summed E-state index contributed by atoms with van der Waals surface area (Å²) in [6, 6.07) is 11.2. The number of aromatic nitrogens is 2. The van der Waals surface area contributed by atoms with Crippen LogP contribution in [0, 0.1) is 5.21 Å². The Balaban J connectivity index is 1.90. The topological polar surface area (TPSA) is 111 Å². The molecule has 0 aliphatic heterocycles. The second-order valence-corrected chi connectivity index (χ2v) is 6.31. The highest BCUT2D eigenvalue weighted by molar-refractivity contribution is 5.90. The molecule has 0 fully saturated rings. The van der Waals surface area contributed by atoms with Crippen LogP contribution in [0.4, 0.5) is 0 Å². The summed E-state index contributed by atoms with van der Waals surface area (Å²) in [5.41, 5.74) is 0.368. The molecule has 2 aromatic carbocycles. The van der Waals surface area contributed by atoms with Gasteiger partial charge in [0.2, 0.25) is 5.52 Å². The van der Waals surface area contributed by atoms with Crippen LogP contribution in [0.2, 0.25) is 0 Å². The lowest BCUT2D eigenvalue weighted by molar-refractivity contribution is -0.581. The number of ether oxygens (including phenoxy) is 4. The Labute approximate surface area is 178 Å². The number of benzene rings is 2. The minimum Gasteiger partial charge on any atom is -0.618 e. The van der Waals surface area contributed by atoms with Gasteiger partial charge in [-0.3, -0.25) is 0 Å². The number of rotatable bonds is 8. The molecule has 0 bridgehead atoms. The van der Waals surface area contributed by atoms with E-state index in [0.29, 0.717) is 40.5 Å². The first-order valence-electron chi connectivity index (χ1n) is 9.65. The Morgan fingerprint density at radius 3 is 2.26 bits per heavy atom. The van der Waals surface area contributed by atoms with Crippen molar-refractivity contribution >= 4 is 23.0 Å². The Morgan fingerprint density at radius 1 is 0.968 bits per heavy atom. The maximum Gasteiger partial charge on any atom is 0.406 e. The van der Waals surface area contributed by atoms with Crippen LogP contribution >= 0.6 is 0 Å². The van der Waals surface area contributed by atoms with Crippen molar-refractivity contribution in [2.45, 2.75) is 20.5 Å². The van der Waals surface area contributed by atoms with Crippen LogP contribution in [0.1, 0.15) is 40.4 Å². The fourth-order valence-electron chi connectivity index (χ4n) is 2.92. The first-order chi connectivity index (χ1) is 15.0. The molecular formula is C22H22N2O7. The molecule has 0 radical (unpaired) electrons. The van der Waals surface area contributed by atoms with Gasteiger partial charge in [0.15, 0.2) is 5.69 Å². The van der Waals surface area contributed by atoms with Crippen LogP contribution in [-0.2, 0) is 16.1 Å². The molecule has 0 aliphatic carbocycles. The number of carbonyl (C=O) groups excluding carboxylic acids is 2. The van der Waals surface area contributed by atoms with Crippen molar-refractivity contribution in [2.24, 2.45) is 0 Å². The first-order valence-corrected chi connectivity index (χ1v) is 9.65. The zero-order valence-corrected chi connectivity index (χ0v) is 17.4. The van der Waals surface area contributed by atoms with Gasteiger partial charge in [-0.05, 0) is 50.2 Å². The molecule has 0 N–H and O–H groups in total. The van der Waals surface area contributed by atoms with E-state index in [1.165, 1.54) is 6.07 Å². The van der Waals surface area contributed by atoms with Gasteiger partial charge >= 0.3 is 17.6 Å². The largest absolute Gasteiger partial charge is 0.618 e. The minimum atomic E-state index is -0.890. The fourth-order valence-corrected chi connectivity index (χ4v) is 2.92. The number of fused-ring (bicyclic) bond motifs is 1. The molecule has 0 spiro atoms. The Hall–Kier alpha value is -3.88. The molecular weight excluding hydrogens is 404 g/mol. The number of hydrogen-bond acceptors (Lipinski definition) is 8. The third kappa shape index (κ3) is 4.82. The van der Waals surface area contributed by atoms with Crippen LogP contribution in [0.15, 0.2) is 42.5 Å². The maximum atomic E-state index is 12.9. The summed E-state index contributed by atoms with van der Waals surface area (Å²) in [4.78, 5) is 29.0. The zero-order valence-electron chi connectivity index (χ0n) is 17.4. The lowest BCUT2D eigenvalue weighted by atomic mass is 10.2. The van der Waals surface area contributed by atoms with E-state index in [4.69, 9.17) is 18.9 Å². The van der Waals surface area contributed by atoms with Crippen molar-refractivity contribution in [3.63, 3.8) is 0 Å². The Kier molecular flexibility index (Phi) is 6.86. The number of hydrogen-bond donors (Lipinski definition) is 0. The van der Waals surface area contributed by atoms with Crippen molar-refractivity contribution in [2.75, 3.05) is 20.3 Å². The van der Waals surface area contributed by atoms with Gasteiger partial charge in [0.1, 0.15) is 23.6 Å². The fraction of sp³-hybridized carbons (Fsp3) is 0.273. The standard InChI is InChI=1S/C22H22N2O7/c1-4-29-15-8-6-14(7-9-15)21(25)31-13-18-20(22(26)28-3)24(27)19-12-16(30-5-2)10-11-17(19)23-18/h6-12H,4-5,13H2,1-3H3. The predicted molar refractivity (Wildman–Crippen MR) is 110 cm³/mol. The zero-order chi connectivity index (χ0) is 22.4. The lowest BCUT2D eigenvalue weighted by Crippen LogP contribution is -2.38. The van der Waals surface area contributed by atoms with Gasteiger partial charge < -0.3 is 24.2 Å². The summed E-state index contributed by atoms with van der Waals surface area (Å²) in [5.74, 6) is -0.433. The van der Waals surface area contributed by atoms with Crippen molar-refractivity contribution in [1.82, 2.24) is 4.98 Å². The lowest BCUT2D eigenvalue weighted by Gasteiger charge is -2.12. The predicted octanol–water partition coefficient (Wildman–Crippen LogP) is 2.81. The molecule has 0 aliphatic rings. The molecule has 3 rings (SSSR count). The van der Waals surface area contributed by atoms with Gasteiger partial charge in [0.05, 0.1) is 32.0 Å². The van der Waals surface area contributed by atoms with Crippen molar-refractivity contribution in [1.29, 1.82) is 0 Å². The summed E-state index contributed by atoms with van der Waals surface area (Å²) in [6.07, 6.45) is 0. The molecule has 9 heteroatoms. The van der Waals surface area contributed by atoms with Gasteiger partial charge in [-0.15, -0.1) is 0 Å². The highest BCUT2D eigenvalue weighted by Gasteiger charge is 2.28. The van der Waals surface area contributed by atoms with Gasteiger partial charge in [0.25, 0.3) is 0 Å². The summed E-state index contributed by atoms with van der Waals surface area (Å²) in [6.45, 7) is 4.21. The summed E-state index contributed by atoms with van der Waals surface area (Å²) in [5, 5.41) is 12.9. The molecule has 0 amide bonds. The van der Waals surface area contributed by atoms with E-state index in [1.54, 1.807) is 36.4 Å². The summed E-state index contributed by atoms with van der Waals surface area (Å²) < 4.78 is 21.2. The second-order valence-electron chi connectivity index (χ2n) is 6.31. The monoisotopic (exact) mass is 426 g/mol. The van der Waals surface area contributed by atoms with Gasteiger partial charge in [-0.1, -0.05) is 0 Å².